The molecule has 192 valence electrons. The molecule has 0 saturated heterocycles. The van der Waals surface area contributed by atoms with E-state index in [1.807, 2.05) is 48.5 Å². The van der Waals surface area contributed by atoms with Gasteiger partial charge in [-0.2, -0.15) is 0 Å². The number of carbonyl (C=O) groups excluding carboxylic acids is 2. The van der Waals surface area contributed by atoms with Gasteiger partial charge in [-0.05, 0) is 49.1 Å². The number of amides is 2. The predicted molar refractivity (Wildman–Crippen MR) is 144 cm³/mol. The van der Waals surface area contributed by atoms with Crippen LogP contribution in [-0.4, -0.2) is 32.0 Å². The number of unbranched alkanes of at least 4 members (excludes halogenated alkanes) is 3. The van der Waals surface area contributed by atoms with Gasteiger partial charge in [0, 0.05) is 30.3 Å². The molecule has 0 spiro atoms. The van der Waals surface area contributed by atoms with Crippen molar-refractivity contribution in [3.05, 3.63) is 72.6 Å². The van der Waals surface area contributed by atoms with Crippen LogP contribution in [0.5, 0.6) is 0 Å². The summed E-state index contributed by atoms with van der Waals surface area (Å²) in [5.74, 6) is 0.353. The molecule has 0 aliphatic heterocycles. The zero-order valence-electron chi connectivity index (χ0n) is 20.8. The van der Waals surface area contributed by atoms with Gasteiger partial charge in [0.15, 0.2) is 0 Å². The van der Waals surface area contributed by atoms with Gasteiger partial charge in [0.2, 0.25) is 11.8 Å². The highest BCUT2D eigenvalue weighted by Gasteiger charge is 2.13. The minimum absolute atomic E-state index is 0.0370. The van der Waals surface area contributed by atoms with E-state index in [0.717, 1.165) is 53.1 Å². The van der Waals surface area contributed by atoms with Crippen LogP contribution in [0.15, 0.2) is 67.0 Å². The molecule has 37 heavy (non-hydrogen) atoms. The van der Waals surface area contributed by atoms with Crippen molar-refractivity contribution < 1.29 is 14.8 Å². The molecular weight excluding hydrogens is 468 g/mol. The van der Waals surface area contributed by atoms with Crippen molar-refractivity contribution in [2.24, 2.45) is 0 Å². The van der Waals surface area contributed by atoms with Crippen LogP contribution in [0.2, 0.25) is 0 Å². The Morgan fingerprint density at radius 1 is 0.919 bits per heavy atom. The molecule has 0 aliphatic rings. The highest BCUT2D eigenvalue weighted by molar-refractivity contribution is 5.93. The quantitative estimate of drug-likeness (QED) is 0.0980. The molecule has 2 heterocycles. The van der Waals surface area contributed by atoms with E-state index in [4.69, 9.17) is 5.21 Å². The van der Waals surface area contributed by atoms with Crippen LogP contribution in [0, 0.1) is 0 Å². The molecule has 2 aromatic carbocycles. The average molecular weight is 501 g/mol. The van der Waals surface area contributed by atoms with Gasteiger partial charge in [0.25, 0.3) is 0 Å². The highest BCUT2D eigenvalue weighted by atomic mass is 16.5. The number of H-pyrrole nitrogens is 1. The second-order valence-corrected chi connectivity index (χ2v) is 9.02. The molecule has 5 N–H and O–H groups in total. The van der Waals surface area contributed by atoms with Gasteiger partial charge in [0.05, 0.1) is 5.39 Å². The second-order valence-electron chi connectivity index (χ2n) is 9.02. The molecule has 9 heteroatoms. The third-order valence-corrected chi connectivity index (χ3v) is 6.24. The van der Waals surface area contributed by atoms with E-state index in [2.05, 4.69) is 44.6 Å². The largest absolute Gasteiger partial charge is 0.363 e. The Morgan fingerprint density at radius 2 is 1.62 bits per heavy atom. The van der Waals surface area contributed by atoms with Crippen LogP contribution in [0.3, 0.4) is 0 Å². The maximum Gasteiger partial charge on any atom is 0.243 e. The summed E-state index contributed by atoms with van der Waals surface area (Å²) < 4.78 is 0. The topological polar surface area (TPSA) is 132 Å². The third-order valence-electron chi connectivity index (χ3n) is 6.24. The van der Waals surface area contributed by atoms with Crippen LogP contribution in [0.25, 0.3) is 22.3 Å². The Balaban J connectivity index is 1.33. The average Bonchev–Trinajstić information content (AvgIpc) is 3.37. The normalized spacial score (nSPS) is 11.7. The molecule has 0 radical (unpaired) electrons. The molecule has 2 aromatic heterocycles. The first-order valence-corrected chi connectivity index (χ1v) is 12.5. The first-order valence-electron chi connectivity index (χ1n) is 12.5. The number of rotatable bonds is 12. The van der Waals surface area contributed by atoms with Crippen molar-refractivity contribution in [1.82, 2.24) is 20.4 Å². The minimum atomic E-state index is -0.378. The molecule has 2 amide bonds. The van der Waals surface area contributed by atoms with E-state index in [-0.39, 0.29) is 17.9 Å². The van der Waals surface area contributed by atoms with Gasteiger partial charge in [-0.3, -0.25) is 14.8 Å². The number of hydrogen-bond acceptors (Lipinski definition) is 6. The minimum Gasteiger partial charge on any atom is -0.363 e. The van der Waals surface area contributed by atoms with Crippen LogP contribution < -0.4 is 16.1 Å². The SMILES string of the molecule is CC(Nc1ncnc2[nH]c(-c3ccc(NC(=O)CCCCCCC(=O)NO)cc3)cc12)c1ccccc1. The summed E-state index contributed by atoms with van der Waals surface area (Å²) in [6.07, 6.45) is 5.40. The number of aromatic nitrogens is 3. The van der Waals surface area contributed by atoms with E-state index < -0.39 is 0 Å². The fourth-order valence-electron chi connectivity index (χ4n) is 4.18. The summed E-state index contributed by atoms with van der Waals surface area (Å²) in [4.78, 5) is 35.5. The number of hydrogen-bond donors (Lipinski definition) is 5. The number of aromatic amines is 1. The Hall–Kier alpha value is -4.24. The molecule has 1 atom stereocenters. The fraction of sp³-hybridized carbons (Fsp3) is 0.286. The van der Waals surface area contributed by atoms with Crippen molar-refractivity contribution in [1.29, 1.82) is 0 Å². The smallest absolute Gasteiger partial charge is 0.243 e. The number of anilines is 2. The molecular formula is C28H32N6O3. The third kappa shape index (κ3) is 7.14. The number of nitrogens with zero attached hydrogens (tertiary/aromatic N) is 2. The van der Waals surface area contributed by atoms with Crippen LogP contribution in [0.4, 0.5) is 11.5 Å². The van der Waals surface area contributed by atoms with Crippen molar-refractivity contribution in [3.63, 3.8) is 0 Å². The molecule has 0 fully saturated rings. The van der Waals surface area contributed by atoms with Crippen LogP contribution in [0.1, 0.15) is 57.1 Å². The maximum absolute atomic E-state index is 12.3. The fourth-order valence-corrected chi connectivity index (χ4v) is 4.18. The standard InChI is InChI=1S/C28H32N6O3/c1-19(20-9-5-4-6-10-20)31-27-23-17-24(33-28(23)30-18-29-27)21-13-15-22(16-14-21)32-25(35)11-7-2-3-8-12-26(36)34-37/h4-6,9-10,13-19,37H,2-3,7-8,11-12H2,1H3,(H,32,35)(H,34,36)(H2,29,30,31,33). The van der Waals surface area contributed by atoms with Crippen molar-refractivity contribution >= 4 is 34.4 Å². The Morgan fingerprint density at radius 3 is 2.32 bits per heavy atom. The number of carbonyl (C=O) groups is 2. The summed E-state index contributed by atoms with van der Waals surface area (Å²) in [7, 11) is 0. The summed E-state index contributed by atoms with van der Waals surface area (Å²) >= 11 is 0. The van der Waals surface area contributed by atoms with Crippen molar-refractivity contribution in [3.8, 4) is 11.3 Å². The summed E-state index contributed by atoms with van der Waals surface area (Å²) in [6.45, 7) is 2.10. The molecule has 9 nitrogen and oxygen atoms in total. The van der Waals surface area contributed by atoms with Gasteiger partial charge in [-0.25, -0.2) is 15.4 Å². The maximum atomic E-state index is 12.3. The number of hydroxylamine groups is 1. The lowest BCUT2D eigenvalue weighted by Crippen LogP contribution is -2.17. The zero-order chi connectivity index (χ0) is 26.0. The predicted octanol–water partition coefficient (Wildman–Crippen LogP) is 5.58. The zero-order valence-corrected chi connectivity index (χ0v) is 20.8. The number of benzene rings is 2. The number of nitrogens with one attached hydrogen (secondary N) is 4. The first kappa shape index (κ1) is 25.8. The second kappa shape index (κ2) is 12.6. The van der Waals surface area contributed by atoms with E-state index in [0.29, 0.717) is 19.3 Å². The summed E-state index contributed by atoms with van der Waals surface area (Å²) in [5.41, 5.74) is 6.18. The van der Waals surface area contributed by atoms with Gasteiger partial charge >= 0.3 is 0 Å². The molecule has 1 unspecified atom stereocenters. The van der Waals surface area contributed by atoms with Gasteiger partial charge in [0.1, 0.15) is 17.8 Å². The molecule has 0 bridgehead atoms. The van der Waals surface area contributed by atoms with E-state index >= 15 is 0 Å². The van der Waals surface area contributed by atoms with Gasteiger partial charge < -0.3 is 15.6 Å². The first-order chi connectivity index (χ1) is 18.0. The molecule has 0 saturated carbocycles. The lowest BCUT2D eigenvalue weighted by atomic mass is 10.1. The van der Waals surface area contributed by atoms with E-state index in [1.54, 1.807) is 11.8 Å². The van der Waals surface area contributed by atoms with Crippen LogP contribution in [-0.2, 0) is 9.59 Å². The number of fused-ring (bicyclic) bond motifs is 1. The molecule has 0 aliphatic carbocycles. The van der Waals surface area contributed by atoms with E-state index in [9.17, 15) is 9.59 Å². The monoisotopic (exact) mass is 500 g/mol. The lowest BCUT2D eigenvalue weighted by Gasteiger charge is -2.15. The summed E-state index contributed by atoms with van der Waals surface area (Å²) in [5, 5.41) is 15.8. The lowest BCUT2D eigenvalue weighted by molar-refractivity contribution is -0.129. The van der Waals surface area contributed by atoms with E-state index in [1.165, 1.54) is 5.56 Å². The van der Waals surface area contributed by atoms with Gasteiger partial charge in [-0.1, -0.05) is 55.3 Å². The van der Waals surface area contributed by atoms with Crippen LogP contribution >= 0.6 is 0 Å². The Labute approximate surface area is 215 Å². The van der Waals surface area contributed by atoms with Crippen molar-refractivity contribution in [2.45, 2.75) is 51.5 Å². The highest BCUT2D eigenvalue weighted by Crippen LogP contribution is 2.29. The van der Waals surface area contributed by atoms with Crippen molar-refractivity contribution in [2.75, 3.05) is 10.6 Å². The Kier molecular flexibility index (Phi) is 8.83. The van der Waals surface area contributed by atoms with Gasteiger partial charge in [-0.15, -0.1) is 0 Å². The molecule has 4 rings (SSSR count). The molecule has 4 aromatic rings. The summed E-state index contributed by atoms with van der Waals surface area (Å²) in [6, 6.07) is 20.0. The Bertz CT molecular complexity index is 1320.